The third-order valence-electron chi connectivity index (χ3n) is 5.06. The van der Waals surface area contributed by atoms with Gasteiger partial charge in [-0.1, -0.05) is 55.9 Å². The van der Waals surface area contributed by atoms with Crippen LogP contribution < -0.4 is 10.9 Å². The van der Waals surface area contributed by atoms with Gasteiger partial charge < -0.3 is 5.32 Å². The number of aromatic nitrogens is 4. The molecule has 166 valence electrons. The molecule has 0 saturated heterocycles. The summed E-state index contributed by atoms with van der Waals surface area (Å²) in [5, 5.41) is 12.4. The highest BCUT2D eigenvalue weighted by molar-refractivity contribution is 7.98. The Morgan fingerprint density at radius 2 is 1.88 bits per heavy atom. The lowest BCUT2D eigenvalue weighted by Crippen LogP contribution is -2.30. The average Bonchev–Trinajstić information content (AvgIpc) is 3.21. The van der Waals surface area contributed by atoms with Crippen LogP contribution in [-0.4, -0.2) is 31.6 Å². The van der Waals surface area contributed by atoms with E-state index in [-0.39, 0.29) is 30.2 Å². The third kappa shape index (κ3) is 4.52. The fourth-order valence-electron chi connectivity index (χ4n) is 3.41. The molecular weight excluding hydrogens is 429 g/mol. The highest BCUT2D eigenvalue weighted by Crippen LogP contribution is 2.25. The molecular formula is C23H24FN5O2S. The van der Waals surface area contributed by atoms with E-state index in [1.807, 2.05) is 26.0 Å². The van der Waals surface area contributed by atoms with Gasteiger partial charge in [0.25, 0.3) is 5.56 Å². The molecule has 0 aliphatic heterocycles. The average molecular weight is 454 g/mol. The summed E-state index contributed by atoms with van der Waals surface area (Å²) in [6, 6.07) is 13.8. The number of carbonyl (C=O) groups excluding carboxylic acids is 1. The molecule has 2 heterocycles. The molecule has 0 aliphatic rings. The Hall–Kier alpha value is -3.20. The number of hydrogen-bond acceptors (Lipinski definition) is 5. The maximum Gasteiger partial charge on any atom is 0.262 e. The standard InChI is InChI=1S/C23H24FN5O2S/c1-15(2)13-25-20(30)11-12-28-21(31)17-8-4-6-10-19(17)29-22(28)26-27-23(29)32-14-16-7-3-5-9-18(16)24/h3-10,15H,11-14H2,1-2H3,(H,25,30). The summed E-state index contributed by atoms with van der Waals surface area (Å²) in [6.07, 6.45) is 0.158. The van der Waals surface area contributed by atoms with Gasteiger partial charge >= 0.3 is 0 Å². The van der Waals surface area contributed by atoms with Crippen molar-refractivity contribution in [2.75, 3.05) is 6.54 Å². The highest BCUT2D eigenvalue weighted by atomic mass is 32.2. The Morgan fingerprint density at radius 3 is 2.66 bits per heavy atom. The topological polar surface area (TPSA) is 81.3 Å². The van der Waals surface area contributed by atoms with Gasteiger partial charge in [-0.05, 0) is 29.7 Å². The minimum atomic E-state index is -0.275. The van der Waals surface area contributed by atoms with Crippen LogP contribution >= 0.6 is 11.8 Å². The second kappa shape index (κ2) is 9.52. The fourth-order valence-corrected chi connectivity index (χ4v) is 4.33. The van der Waals surface area contributed by atoms with Crippen molar-refractivity contribution in [3.63, 3.8) is 0 Å². The van der Waals surface area contributed by atoms with E-state index in [0.29, 0.717) is 45.6 Å². The first kappa shape index (κ1) is 22.0. The molecule has 32 heavy (non-hydrogen) atoms. The molecule has 4 rings (SSSR count). The maximum absolute atomic E-state index is 14.1. The summed E-state index contributed by atoms with van der Waals surface area (Å²) in [6.45, 7) is 4.82. The smallest absolute Gasteiger partial charge is 0.262 e. The van der Waals surface area contributed by atoms with E-state index in [2.05, 4.69) is 15.5 Å². The number of nitrogens with zero attached hydrogens (tertiary/aromatic N) is 4. The molecule has 2 aromatic heterocycles. The van der Waals surface area contributed by atoms with Crippen molar-refractivity contribution in [3.8, 4) is 0 Å². The molecule has 0 radical (unpaired) electrons. The van der Waals surface area contributed by atoms with Gasteiger partial charge in [-0.2, -0.15) is 0 Å². The Bertz CT molecular complexity index is 1330. The summed E-state index contributed by atoms with van der Waals surface area (Å²) in [7, 11) is 0. The molecule has 0 atom stereocenters. The van der Waals surface area contributed by atoms with Crippen molar-refractivity contribution < 1.29 is 9.18 Å². The number of rotatable bonds is 8. The van der Waals surface area contributed by atoms with Crippen molar-refractivity contribution in [1.29, 1.82) is 0 Å². The van der Waals surface area contributed by atoms with Crippen molar-refractivity contribution in [3.05, 3.63) is 70.3 Å². The van der Waals surface area contributed by atoms with E-state index >= 15 is 0 Å². The minimum Gasteiger partial charge on any atom is -0.356 e. The Morgan fingerprint density at radius 1 is 1.12 bits per heavy atom. The molecule has 4 aromatic rings. The largest absolute Gasteiger partial charge is 0.356 e. The van der Waals surface area contributed by atoms with Crippen LogP contribution in [0, 0.1) is 11.7 Å². The van der Waals surface area contributed by atoms with Crippen LogP contribution in [0.3, 0.4) is 0 Å². The van der Waals surface area contributed by atoms with Crippen molar-refractivity contribution in [2.24, 2.45) is 5.92 Å². The van der Waals surface area contributed by atoms with Gasteiger partial charge in [0.2, 0.25) is 11.7 Å². The number of fused-ring (bicyclic) bond motifs is 3. The van der Waals surface area contributed by atoms with Gasteiger partial charge in [0.15, 0.2) is 5.16 Å². The number of carbonyl (C=O) groups is 1. The zero-order valence-electron chi connectivity index (χ0n) is 17.9. The number of hydrogen-bond donors (Lipinski definition) is 1. The summed E-state index contributed by atoms with van der Waals surface area (Å²) >= 11 is 1.34. The number of benzene rings is 2. The van der Waals surface area contributed by atoms with Crippen LogP contribution in [0.5, 0.6) is 0 Å². The first-order valence-corrected chi connectivity index (χ1v) is 11.4. The Labute approximate surface area is 188 Å². The normalized spacial score (nSPS) is 11.5. The van der Waals surface area contributed by atoms with E-state index in [1.54, 1.807) is 34.7 Å². The number of nitrogens with one attached hydrogen (secondary N) is 1. The predicted molar refractivity (Wildman–Crippen MR) is 123 cm³/mol. The summed E-state index contributed by atoms with van der Waals surface area (Å²) in [5.74, 6) is 0.688. The van der Waals surface area contributed by atoms with E-state index < -0.39 is 0 Å². The summed E-state index contributed by atoms with van der Waals surface area (Å²) < 4.78 is 17.3. The zero-order valence-corrected chi connectivity index (χ0v) is 18.7. The quantitative estimate of drug-likeness (QED) is 0.412. The summed E-state index contributed by atoms with van der Waals surface area (Å²) in [4.78, 5) is 25.4. The number of thioether (sulfide) groups is 1. The van der Waals surface area contributed by atoms with Crippen molar-refractivity contribution in [1.82, 2.24) is 24.5 Å². The lowest BCUT2D eigenvalue weighted by Gasteiger charge is -2.12. The van der Waals surface area contributed by atoms with Gasteiger partial charge in [-0.25, -0.2) is 4.39 Å². The molecule has 9 heteroatoms. The van der Waals surface area contributed by atoms with E-state index in [9.17, 15) is 14.0 Å². The Kier molecular flexibility index (Phi) is 6.55. The second-order valence-corrected chi connectivity index (χ2v) is 8.86. The van der Waals surface area contributed by atoms with Crippen LogP contribution in [0.4, 0.5) is 4.39 Å². The van der Waals surface area contributed by atoms with Gasteiger partial charge in [-0.3, -0.25) is 18.6 Å². The third-order valence-corrected chi connectivity index (χ3v) is 6.04. The number of aryl methyl sites for hydroxylation is 1. The van der Waals surface area contributed by atoms with Crippen molar-refractivity contribution >= 4 is 34.3 Å². The van der Waals surface area contributed by atoms with E-state index in [1.165, 1.54) is 22.4 Å². The molecule has 0 fully saturated rings. The van der Waals surface area contributed by atoms with Crippen LogP contribution in [-0.2, 0) is 17.1 Å². The summed E-state index contributed by atoms with van der Waals surface area (Å²) in [5.41, 5.74) is 1.02. The molecule has 2 aromatic carbocycles. The lowest BCUT2D eigenvalue weighted by atomic mass is 10.2. The molecule has 0 spiro atoms. The maximum atomic E-state index is 14.1. The van der Waals surface area contributed by atoms with Gasteiger partial charge in [0, 0.05) is 25.3 Å². The SMILES string of the molecule is CC(C)CNC(=O)CCn1c(=O)c2ccccc2n2c(SCc3ccccc3F)nnc12. The van der Waals surface area contributed by atoms with Crippen molar-refractivity contribution in [2.45, 2.75) is 37.7 Å². The van der Waals surface area contributed by atoms with Gasteiger partial charge in [0.1, 0.15) is 5.82 Å². The molecule has 1 N–H and O–H groups in total. The highest BCUT2D eigenvalue weighted by Gasteiger charge is 2.18. The van der Waals surface area contributed by atoms with Gasteiger partial charge in [-0.15, -0.1) is 10.2 Å². The molecule has 0 bridgehead atoms. The van der Waals surface area contributed by atoms with Crippen LogP contribution in [0.1, 0.15) is 25.8 Å². The molecule has 0 saturated carbocycles. The lowest BCUT2D eigenvalue weighted by molar-refractivity contribution is -0.121. The van der Waals surface area contributed by atoms with E-state index in [0.717, 1.165) is 0 Å². The number of para-hydroxylation sites is 1. The Balaban J connectivity index is 1.70. The first-order valence-electron chi connectivity index (χ1n) is 10.4. The van der Waals surface area contributed by atoms with Crippen LogP contribution in [0.15, 0.2) is 58.5 Å². The first-order chi connectivity index (χ1) is 15.5. The van der Waals surface area contributed by atoms with E-state index in [4.69, 9.17) is 0 Å². The predicted octanol–water partition coefficient (Wildman–Crippen LogP) is 3.64. The van der Waals surface area contributed by atoms with Crippen LogP contribution in [0.2, 0.25) is 0 Å². The van der Waals surface area contributed by atoms with Crippen LogP contribution in [0.25, 0.3) is 16.7 Å². The fraction of sp³-hybridized carbons (Fsp3) is 0.304. The second-order valence-electron chi connectivity index (χ2n) is 7.92. The zero-order chi connectivity index (χ0) is 22.7. The minimum absolute atomic E-state index is 0.120. The number of amides is 1. The van der Waals surface area contributed by atoms with Gasteiger partial charge in [0.05, 0.1) is 10.9 Å². The molecule has 7 nitrogen and oxygen atoms in total. The molecule has 0 unspecified atom stereocenters. The molecule has 0 aliphatic carbocycles. The monoisotopic (exact) mass is 453 g/mol. The number of halogens is 1. The molecule has 1 amide bonds.